The minimum Gasteiger partial charge on any atom is -0.340 e. The Morgan fingerprint density at radius 3 is 2.64 bits per heavy atom. The Balaban J connectivity index is 1.62. The van der Waals surface area contributed by atoms with Crippen molar-refractivity contribution in [3.63, 3.8) is 0 Å². The van der Waals surface area contributed by atoms with Gasteiger partial charge in [-0.1, -0.05) is 12.1 Å². The molecule has 0 saturated heterocycles. The Labute approximate surface area is 135 Å². The van der Waals surface area contributed by atoms with Gasteiger partial charge in [-0.15, -0.1) is 22.7 Å². The van der Waals surface area contributed by atoms with E-state index in [1.165, 1.54) is 0 Å². The summed E-state index contributed by atoms with van der Waals surface area (Å²) in [4.78, 5) is 14.1. The van der Waals surface area contributed by atoms with E-state index in [4.69, 9.17) is 0 Å². The lowest BCUT2D eigenvalue weighted by atomic mass is 10.1. The van der Waals surface area contributed by atoms with E-state index >= 15 is 0 Å². The summed E-state index contributed by atoms with van der Waals surface area (Å²) in [6.07, 6.45) is 1.59. The van der Waals surface area contributed by atoms with Crippen molar-refractivity contribution >= 4 is 44.4 Å². The molecule has 0 unspecified atom stereocenters. The maximum absolute atomic E-state index is 4.51. The van der Waals surface area contributed by atoms with Crippen LogP contribution in [-0.4, -0.2) is 15.0 Å². The van der Waals surface area contributed by atoms with E-state index in [0.29, 0.717) is 0 Å². The lowest BCUT2D eigenvalue weighted by Gasteiger charge is -2.07. The molecule has 3 heterocycles. The molecule has 0 spiro atoms. The average molecular weight is 324 g/mol. The minimum atomic E-state index is 0.837. The highest BCUT2D eigenvalue weighted by atomic mass is 32.1. The number of anilines is 2. The zero-order valence-electron chi connectivity index (χ0n) is 11.8. The summed E-state index contributed by atoms with van der Waals surface area (Å²) in [5, 5.41) is 9.59. The number of thiazole rings is 1. The van der Waals surface area contributed by atoms with Gasteiger partial charge in [-0.05, 0) is 30.5 Å². The van der Waals surface area contributed by atoms with Gasteiger partial charge in [0.25, 0.3) is 0 Å². The molecule has 4 nitrogen and oxygen atoms in total. The van der Waals surface area contributed by atoms with E-state index < -0.39 is 0 Å². The molecular formula is C16H12N4S2. The molecule has 3 aromatic heterocycles. The van der Waals surface area contributed by atoms with Crippen molar-refractivity contribution in [2.45, 2.75) is 6.92 Å². The number of aryl methyl sites for hydroxylation is 1. The van der Waals surface area contributed by atoms with Crippen LogP contribution in [0.15, 0.2) is 47.4 Å². The average Bonchev–Trinajstić information content (AvgIpc) is 3.17. The lowest BCUT2D eigenvalue weighted by molar-refractivity contribution is 1.23. The van der Waals surface area contributed by atoms with Crippen molar-refractivity contribution < 1.29 is 0 Å². The van der Waals surface area contributed by atoms with Crippen LogP contribution in [0, 0.1) is 6.92 Å². The molecule has 0 aliphatic heterocycles. The second kappa shape index (κ2) is 5.47. The quantitative estimate of drug-likeness (QED) is 0.584. The number of thiophene rings is 1. The second-order valence-corrected chi connectivity index (χ2v) is 6.77. The molecule has 0 aliphatic rings. The van der Waals surface area contributed by atoms with E-state index in [9.17, 15) is 0 Å². The number of rotatable bonds is 3. The Bertz CT molecular complexity index is 925. The summed E-state index contributed by atoms with van der Waals surface area (Å²) in [6, 6.07) is 10.3. The molecule has 22 heavy (non-hydrogen) atoms. The maximum Gasteiger partial charge on any atom is 0.142 e. The van der Waals surface area contributed by atoms with Gasteiger partial charge in [-0.2, -0.15) is 0 Å². The van der Waals surface area contributed by atoms with Gasteiger partial charge in [0, 0.05) is 16.6 Å². The van der Waals surface area contributed by atoms with Crippen LogP contribution in [0.3, 0.4) is 0 Å². The molecule has 1 N–H and O–H groups in total. The van der Waals surface area contributed by atoms with Gasteiger partial charge in [0.15, 0.2) is 0 Å². The number of aromatic nitrogens is 3. The first-order chi connectivity index (χ1) is 10.8. The van der Waals surface area contributed by atoms with Crippen LogP contribution in [0.25, 0.3) is 21.5 Å². The Kier molecular flexibility index (Phi) is 3.32. The number of nitrogens with zero attached hydrogens (tertiary/aromatic N) is 3. The van der Waals surface area contributed by atoms with Gasteiger partial charge in [0.2, 0.25) is 0 Å². The Morgan fingerprint density at radius 1 is 1.00 bits per heavy atom. The number of hydrogen-bond acceptors (Lipinski definition) is 6. The smallest absolute Gasteiger partial charge is 0.142 e. The zero-order valence-corrected chi connectivity index (χ0v) is 13.4. The van der Waals surface area contributed by atoms with E-state index in [1.54, 1.807) is 29.0 Å². The second-order valence-electron chi connectivity index (χ2n) is 4.82. The van der Waals surface area contributed by atoms with Crippen molar-refractivity contribution in [3.8, 4) is 11.3 Å². The number of hydrogen-bond donors (Lipinski definition) is 1. The SMILES string of the molecule is Cc1nc(-c2ccc(Nc3ncnc4sccc34)cc2)cs1. The van der Waals surface area contributed by atoms with Gasteiger partial charge >= 0.3 is 0 Å². The van der Waals surface area contributed by atoms with Crippen LogP contribution in [0.5, 0.6) is 0 Å². The summed E-state index contributed by atoms with van der Waals surface area (Å²) in [5.41, 5.74) is 3.15. The number of fused-ring (bicyclic) bond motifs is 1. The van der Waals surface area contributed by atoms with Crippen LogP contribution >= 0.6 is 22.7 Å². The first kappa shape index (κ1) is 13.4. The zero-order chi connectivity index (χ0) is 14.9. The molecule has 0 amide bonds. The summed E-state index contributed by atoms with van der Waals surface area (Å²) in [5.74, 6) is 0.837. The molecule has 4 aromatic rings. The molecule has 4 rings (SSSR count). The first-order valence-corrected chi connectivity index (χ1v) is 8.53. The summed E-state index contributed by atoms with van der Waals surface area (Å²) < 4.78 is 0. The van der Waals surface area contributed by atoms with Crippen molar-refractivity contribution in [2.75, 3.05) is 5.32 Å². The van der Waals surface area contributed by atoms with Crippen LogP contribution < -0.4 is 5.32 Å². The standard InChI is InChI=1S/C16H12N4S2/c1-10-19-14(8-22-10)11-2-4-12(5-3-11)20-15-13-6-7-21-16(13)18-9-17-15/h2-9H,1H3,(H,17,18,20). The van der Waals surface area contributed by atoms with Gasteiger partial charge in [0.1, 0.15) is 17.0 Å². The predicted molar refractivity (Wildman–Crippen MR) is 93.0 cm³/mol. The number of benzene rings is 1. The van der Waals surface area contributed by atoms with Crippen molar-refractivity contribution in [2.24, 2.45) is 0 Å². The molecule has 1 aromatic carbocycles. The van der Waals surface area contributed by atoms with Crippen molar-refractivity contribution in [3.05, 3.63) is 52.4 Å². The van der Waals surface area contributed by atoms with Crippen LogP contribution in [0.2, 0.25) is 0 Å². The maximum atomic E-state index is 4.51. The fourth-order valence-electron chi connectivity index (χ4n) is 2.25. The van der Waals surface area contributed by atoms with E-state index in [0.717, 1.165) is 38.0 Å². The molecule has 0 fully saturated rings. The number of nitrogens with one attached hydrogen (secondary N) is 1. The third kappa shape index (κ3) is 2.47. The van der Waals surface area contributed by atoms with Gasteiger partial charge in [0.05, 0.1) is 16.1 Å². The molecule has 0 aliphatic carbocycles. The third-order valence-electron chi connectivity index (χ3n) is 3.32. The molecule has 6 heteroatoms. The molecule has 0 bridgehead atoms. The monoisotopic (exact) mass is 324 g/mol. The normalized spacial score (nSPS) is 11.0. The van der Waals surface area contributed by atoms with E-state index in [1.807, 2.05) is 30.5 Å². The summed E-state index contributed by atoms with van der Waals surface area (Å²) in [7, 11) is 0. The molecule has 0 saturated carbocycles. The first-order valence-electron chi connectivity index (χ1n) is 6.77. The molecule has 0 radical (unpaired) electrons. The highest BCUT2D eigenvalue weighted by Gasteiger charge is 2.06. The van der Waals surface area contributed by atoms with Crippen LogP contribution in [0.1, 0.15) is 5.01 Å². The third-order valence-corrected chi connectivity index (χ3v) is 4.92. The topological polar surface area (TPSA) is 50.7 Å². The Hall–Kier alpha value is -2.31. The molecule has 108 valence electrons. The molecular weight excluding hydrogens is 312 g/mol. The van der Waals surface area contributed by atoms with Crippen molar-refractivity contribution in [1.29, 1.82) is 0 Å². The largest absolute Gasteiger partial charge is 0.340 e. The van der Waals surface area contributed by atoms with Crippen molar-refractivity contribution in [1.82, 2.24) is 15.0 Å². The highest BCUT2D eigenvalue weighted by molar-refractivity contribution is 7.16. The van der Waals surface area contributed by atoms with Gasteiger partial charge in [-0.25, -0.2) is 15.0 Å². The summed E-state index contributed by atoms with van der Waals surface area (Å²) in [6.45, 7) is 2.02. The molecule has 0 atom stereocenters. The predicted octanol–water partition coefficient (Wildman–Crippen LogP) is 4.87. The van der Waals surface area contributed by atoms with Crippen LogP contribution in [-0.2, 0) is 0 Å². The lowest BCUT2D eigenvalue weighted by Crippen LogP contribution is -1.94. The van der Waals surface area contributed by atoms with E-state index in [-0.39, 0.29) is 0 Å². The fourth-order valence-corrected chi connectivity index (χ4v) is 3.60. The fraction of sp³-hybridized carbons (Fsp3) is 0.0625. The van der Waals surface area contributed by atoms with Crippen LogP contribution in [0.4, 0.5) is 11.5 Å². The van der Waals surface area contributed by atoms with Gasteiger partial charge in [-0.3, -0.25) is 0 Å². The highest BCUT2D eigenvalue weighted by Crippen LogP contribution is 2.28. The summed E-state index contributed by atoms with van der Waals surface area (Å²) >= 11 is 3.28. The Morgan fingerprint density at radius 2 is 1.86 bits per heavy atom. The van der Waals surface area contributed by atoms with Gasteiger partial charge < -0.3 is 5.32 Å². The minimum absolute atomic E-state index is 0.837. The van der Waals surface area contributed by atoms with E-state index in [2.05, 4.69) is 37.8 Å².